The van der Waals surface area contributed by atoms with Crippen LogP contribution < -0.4 is 42.5 Å². The average molecular weight is 1750 g/mol. The number of carbonyl (C=O) groups is 17. The highest BCUT2D eigenvalue weighted by Gasteiger charge is 2.31. The molecular formula is C64H99I2N13O28. The lowest BCUT2D eigenvalue weighted by atomic mass is 10.2. The van der Waals surface area contributed by atoms with E-state index in [-0.39, 0.29) is 198 Å². The van der Waals surface area contributed by atoms with Crippen LogP contribution in [0.5, 0.6) is 0 Å². The Balaban J connectivity index is 0.000000935. The minimum atomic E-state index is -0.954. The summed E-state index contributed by atoms with van der Waals surface area (Å²) in [6, 6.07) is 0. The first-order chi connectivity index (χ1) is 51.5. The topological polar surface area (TPSA) is 504 Å². The first kappa shape index (κ1) is 96.9. The molecule has 0 aromatic rings. The van der Waals surface area contributed by atoms with Crippen LogP contribution in [0.3, 0.4) is 0 Å². The summed E-state index contributed by atoms with van der Waals surface area (Å²) in [7, 11) is 4.09. The Hall–Kier alpha value is -8.13. The van der Waals surface area contributed by atoms with Crippen molar-refractivity contribution >= 4 is 146 Å². The standard InChI is InChI=1S/C31H46N6O13.C27H48I2N6O11.C6H5NO4/c1-46-13-8-32-24(38)2-3-27(41)35(22-25(39)33-9-14-47-18-20-49-16-11-36-28(42)4-5-29(36)43)23-26(40)34-10-15-48-19-21-50-17-12-37-30(44)6-7-31(37)45;1-42-9-4-30-22(36)2-3-27(41)35(20-25(39)33-7-12-45-16-14-43-10-5-31-23(37)18-28)21-26(40)34-8-13-46-17-15-44-11-6-32-24(38)19-29;1-11-6(10)7-4(8)2-3-5(7)9/h4-7H,2-3,8-23H2,1H3,(H,32,38)(H,33,39)(H,34,40);2-21H2,1H3,(H,30,36)(H,31,37)(H,32,38)(H,33,39)(H,34,40);2-3H,1H3. The molecule has 0 aliphatic carbocycles. The number of ether oxygens (including phenoxy) is 11. The highest BCUT2D eigenvalue weighted by molar-refractivity contribution is 14.1. The largest absolute Gasteiger partial charge is 0.452 e. The van der Waals surface area contributed by atoms with Crippen LogP contribution in [0.25, 0.3) is 0 Å². The lowest BCUT2D eigenvalue weighted by Gasteiger charge is -2.22. The second kappa shape index (κ2) is 62.9. The highest BCUT2D eigenvalue weighted by Crippen LogP contribution is 2.07. The summed E-state index contributed by atoms with van der Waals surface area (Å²) in [4.78, 5) is 205. The van der Waals surface area contributed by atoms with E-state index in [1.54, 1.807) is 0 Å². The number of alkyl halides is 2. The minimum Gasteiger partial charge on any atom is -0.452 e. The molecule has 0 spiro atoms. The zero-order valence-corrected chi connectivity index (χ0v) is 64.6. The number of rotatable bonds is 58. The van der Waals surface area contributed by atoms with Crippen molar-refractivity contribution in [1.29, 1.82) is 0 Å². The predicted octanol–water partition coefficient (Wildman–Crippen LogP) is -6.06. The van der Waals surface area contributed by atoms with E-state index in [9.17, 15) is 81.5 Å². The summed E-state index contributed by atoms with van der Waals surface area (Å²) in [6.07, 6.45) is 5.19. The Kier molecular flexibility index (Phi) is 56.9. The maximum atomic E-state index is 12.9. The van der Waals surface area contributed by atoms with E-state index in [1.807, 2.05) is 45.2 Å². The Morgan fingerprint density at radius 2 is 0.542 bits per heavy atom. The normalized spacial score (nSPS) is 12.6. The van der Waals surface area contributed by atoms with Gasteiger partial charge in [-0.25, -0.2) is 4.79 Å². The van der Waals surface area contributed by atoms with Gasteiger partial charge < -0.3 is 104 Å². The molecule has 0 unspecified atom stereocenters. The lowest BCUT2D eigenvalue weighted by Crippen LogP contribution is -2.46. The fourth-order valence-electron chi connectivity index (χ4n) is 8.14. The average Bonchev–Trinajstić information content (AvgIpc) is 1.74. The Bertz CT molecular complexity index is 2750. The zero-order chi connectivity index (χ0) is 79.2. The van der Waals surface area contributed by atoms with Crippen molar-refractivity contribution in [2.75, 3.05) is 241 Å². The van der Waals surface area contributed by atoms with Gasteiger partial charge in [0.05, 0.1) is 148 Å². The summed E-state index contributed by atoms with van der Waals surface area (Å²) in [5.74, 6) is -6.88. The third-order valence-electron chi connectivity index (χ3n) is 13.5. The van der Waals surface area contributed by atoms with Crippen molar-refractivity contribution in [3.63, 3.8) is 0 Å². The van der Waals surface area contributed by atoms with Gasteiger partial charge in [0.2, 0.25) is 59.1 Å². The highest BCUT2D eigenvalue weighted by atomic mass is 127. The molecule has 0 aromatic carbocycles. The molecule has 107 heavy (non-hydrogen) atoms. The van der Waals surface area contributed by atoms with Crippen molar-refractivity contribution < 1.29 is 134 Å². The second-order valence-electron chi connectivity index (χ2n) is 21.6. The molecule has 602 valence electrons. The van der Waals surface area contributed by atoms with Crippen molar-refractivity contribution in [2.45, 2.75) is 25.7 Å². The number of carbonyl (C=O) groups excluding carboxylic acids is 17. The SMILES string of the molecule is COC(=O)N1C(=O)C=CC1=O.COCCNC(=O)CCC(=O)N(CC(=O)NCCOCCOCCN1C(=O)C=CC1=O)CC(=O)NCCOCCOCCN1C(=O)C=CC1=O.COCCNC(=O)CCC(=O)N(CC(=O)NCCOCCOCCNC(=O)CI)CC(=O)NCCOCCOCCNC(=O)CI. The van der Waals surface area contributed by atoms with E-state index >= 15 is 0 Å². The summed E-state index contributed by atoms with van der Waals surface area (Å²) in [6.45, 7) is 5.01. The van der Waals surface area contributed by atoms with Gasteiger partial charge in [-0.3, -0.25) is 86.5 Å². The first-order valence-electron chi connectivity index (χ1n) is 33.6. The van der Waals surface area contributed by atoms with Crippen LogP contribution in [0.15, 0.2) is 36.5 Å². The van der Waals surface area contributed by atoms with Crippen molar-refractivity contribution in [1.82, 2.24) is 67.0 Å². The van der Waals surface area contributed by atoms with E-state index in [0.717, 1.165) is 38.9 Å². The van der Waals surface area contributed by atoms with E-state index in [2.05, 4.69) is 47.3 Å². The maximum absolute atomic E-state index is 12.9. The molecule has 17 amide bonds. The van der Waals surface area contributed by atoms with E-state index in [1.165, 1.54) is 38.5 Å². The van der Waals surface area contributed by atoms with Gasteiger partial charge >= 0.3 is 6.09 Å². The summed E-state index contributed by atoms with van der Waals surface area (Å²) in [5.41, 5.74) is 0. The van der Waals surface area contributed by atoms with Crippen LogP contribution in [-0.2, 0) is 129 Å². The molecule has 0 saturated carbocycles. The maximum Gasteiger partial charge on any atom is 0.423 e. The van der Waals surface area contributed by atoms with Gasteiger partial charge in [0.15, 0.2) is 0 Å². The van der Waals surface area contributed by atoms with E-state index in [0.29, 0.717) is 86.2 Å². The molecule has 0 fully saturated rings. The third kappa shape index (κ3) is 49.5. The fourth-order valence-corrected chi connectivity index (χ4v) is 8.68. The van der Waals surface area contributed by atoms with Gasteiger partial charge in [-0.15, -0.1) is 0 Å². The molecule has 0 radical (unpaired) electrons. The van der Waals surface area contributed by atoms with Gasteiger partial charge in [0.25, 0.3) is 35.4 Å². The van der Waals surface area contributed by atoms with Crippen molar-refractivity contribution in [3.8, 4) is 0 Å². The van der Waals surface area contributed by atoms with Gasteiger partial charge in [-0.2, -0.15) is 4.90 Å². The number of hydrogen-bond donors (Lipinski definition) is 8. The Morgan fingerprint density at radius 3 is 0.794 bits per heavy atom. The number of imide groups is 5. The van der Waals surface area contributed by atoms with Gasteiger partial charge in [0.1, 0.15) is 26.2 Å². The molecular weight excluding hydrogens is 1650 g/mol. The number of nitrogens with one attached hydrogen (secondary N) is 8. The number of methoxy groups -OCH3 is 3. The van der Waals surface area contributed by atoms with Gasteiger partial charge in [0, 0.05) is 129 Å². The second-order valence-corrected chi connectivity index (χ2v) is 23.1. The molecule has 0 saturated heterocycles. The van der Waals surface area contributed by atoms with Crippen LogP contribution in [-0.4, -0.2) is 366 Å². The number of nitrogens with zero attached hydrogens (tertiary/aromatic N) is 5. The number of halogens is 2. The number of hydrogen-bond acceptors (Lipinski definition) is 28. The van der Waals surface area contributed by atoms with E-state index < -0.39 is 66.4 Å². The van der Waals surface area contributed by atoms with Crippen LogP contribution >= 0.6 is 45.2 Å². The fraction of sp³-hybridized carbons (Fsp3) is 0.641. The van der Waals surface area contributed by atoms with Crippen LogP contribution in [0.4, 0.5) is 4.79 Å². The van der Waals surface area contributed by atoms with Crippen LogP contribution in [0, 0.1) is 0 Å². The molecule has 41 nitrogen and oxygen atoms in total. The lowest BCUT2D eigenvalue weighted by molar-refractivity contribution is -0.140. The minimum absolute atomic E-state index is 0.0592. The zero-order valence-electron chi connectivity index (χ0n) is 60.3. The summed E-state index contributed by atoms with van der Waals surface area (Å²) >= 11 is 3.94. The Morgan fingerprint density at radius 1 is 0.308 bits per heavy atom. The first-order valence-corrected chi connectivity index (χ1v) is 36.7. The molecule has 8 N–H and O–H groups in total. The van der Waals surface area contributed by atoms with E-state index in [4.69, 9.17) is 47.4 Å². The summed E-state index contributed by atoms with van der Waals surface area (Å²) in [5, 5.41) is 21.1. The van der Waals surface area contributed by atoms with Crippen molar-refractivity contribution in [2.24, 2.45) is 0 Å². The van der Waals surface area contributed by atoms with Crippen LogP contribution in [0.2, 0.25) is 0 Å². The molecule has 43 heteroatoms. The molecule has 3 rings (SSSR count). The Labute approximate surface area is 645 Å². The smallest absolute Gasteiger partial charge is 0.423 e. The third-order valence-corrected chi connectivity index (χ3v) is 14.8. The molecule has 0 aromatic heterocycles. The molecule has 3 aliphatic rings. The molecule has 0 bridgehead atoms. The monoisotopic (exact) mass is 1750 g/mol. The van der Waals surface area contributed by atoms with Gasteiger partial charge in [-0.05, 0) is 0 Å². The van der Waals surface area contributed by atoms with Crippen LogP contribution in [0.1, 0.15) is 25.7 Å². The van der Waals surface area contributed by atoms with Gasteiger partial charge in [-0.1, -0.05) is 45.2 Å². The van der Waals surface area contributed by atoms with Crippen molar-refractivity contribution in [3.05, 3.63) is 36.5 Å². The quantitative estimate of drug-likeness (QED) is 0.0122. The molecule has 3 heterocycles. The molecule has 0 atom stereocenters. The predicted molar refractivity (Wildman–Crippen MR) is 389 cm³/mol. The molecule has 3 aliphatic heterocycles. The number of amides is 17. The summed E-state index contributed by atoms with van der Waals surface area (Å²) < 4.78 is 57.7.